The molecule has 0 aromatic heterocycles. The lowest BCUT2D eigenvalue weighted by Crippen LogP contribution is -2.30. The van der Waals surface area contributed by atoms with E-state index in [9.17, 15) is 19.2 Å². The van der Waals surface area contributed by atoms with Crippen molar-refractivity contribution in [3.05, 3.63) is 0 Å². The number of carbonyl (C=O) groups excluding carboxylic acids is 3. The number of rotatable bonds is 25. The number of amides is 2. The number of ketones is 1. The number of nitrogens with two attached hydrogens (primary N) is 1. The summed E-state index contributed by atoms with van der Waals surface area (Å²) in [5.74, 6) is -2.30. The first kappa shape index (κ1) is 33.0. The molecule has 0 aliphatic rings. The van der Waals surface area contributed by atoms with Crippen LogP contribution in [0.15, 0.2) is 0 Å². The van der Waals surface area contributed by atoms with Crippen molar-refractivity contribution in [3.8, 4) is 0 Å². The molecule has 2 atom stereocenters. The topological polar surface area (TPSA) is 147 Å². The SMILES string of the molecule is C[C@H](CCCCNC(=O)CCCCCCCCCCCCCCC(=O)O)C(=O)C[C@@H](CO)C(N)=O. The van der Waals surface area contributed by atoms with E-state index in [1.54, 1.807) is 0 Å². The van der Waals surface area contributed by atoms with Gasteiger partial charge in [-0.15, -0.1) is 0 Å². The molecule has 0 aromatic rings. The highest BCUT2D eigenvalue weighted by Crippen LogP contribution is 2.15. The van der Waals surface area contributed by atoms with E-state index in [4.69, 9.17) is 15.9 Å². The normalized spacial score (nSPS) is 12.7. The first-order chi connectivity index (χ1) is 16.8. The summed E-state index contributed by atoms with van der Waals surface area (Å²) in [7, 11) is 0. The third kappa shape index (κ3) is 21.1. The fraction of sp³-hybridized carbons (Fsp3) is 0.852. The van der Waals surface area contributed by atoms with Crippen molar-refractivity contribution < 1.29 is 29.4 Å². The van der Waals surface area contributed by atoms with Gasteiger partial charge in [-0.2, -0.15) is 0 Å². The van der Waals surface area contributed by atoms with Gasteiger partial charge in [0.15, 0.2) is 0 Å². The van der Waals surface area contributed by atoms with E-state index < -0.39 is 24.4 Å². The monoisotopic (exact) mass is 498 g/mol. The molecule has 0 fully saturated rings. The molecule has 0 spiro atoms. The van der Waals surface area contributed by atoms with E-state index in [1.807, 2.05) is 6.92 Å². The average molecular weight is 499 g/mol. The smallest absolute Gasteiger partial charge is 0.303 e. The summed E-state index contributed by atoms with van der Waals surface area (Å²) in [5, 5.41) is 20.6. The summed E-state index contributed by atoms with van der Waals surface area (Å²) in [4.78, 5) is 45.6. The summed E-state index contributed by atoms with van der Waals surface area (Å²) < 4.78 is 0. The second-order valence-electron chi connectivity index (χ2n) is 9.84. The fourth-order valence-corrected chi connectivity index (χ4v) is 4.08. The molecule has 8 heteroatoms. The lowest BCUT2D eigenvalue weighted by Gasteiger charge is -2.14. The lowest BCUT2D eigenvalue weighted by atomic mass is 9.92. The Kier molecular flexibility index (Phi) is 21.2. The fourth-order valence-electron chi connectivity index (χ4n) is 4.08. The van der Waals surface area contributed by atoms with Gasteiger partial charge in [0.1, 0.15) is 5.78 Å². The molecule has 0 aromatic carbocycles. The number of hydrogen-bond acceptors (Lipinski definition) is 5. The highest BCUT2D eigenvalue weighted by molar-refractivity contribution is 5.87. The Morgan fingerprint density at radius 1 is 0.743 bits per heavy atom. The highest BCUT2D eigenvalue weighted by atomic mass is 16.4. The molecule has 0 saturated carbocycles. The first-order valence-corrected chi connectivity index (χ1v) is 13.7. The Labute approximate surface area is 211 Å². The van der Waals surface area contributed by atoms with Crippen molar-refractivity contribution in [1.29, 1.82) is 0 Å². The summed E-state index contributed by atoms with van der Waals surface area (Å²) in [5.41, 5.74) is 5.16. The molecule has 0 heterocycles. The zero-order valence-electron chi connectivity index (χ0n) is 21.9. The van der Waals surface area contributed by atoms with Crippen LogP contribution in [0, 0.1) is 11.8 Å². The molecule has 0 bridgehead atoms. The predicted molar refractivity (Wildman–Crippen MR) is 138 cm³/mol. The molecule has 0 saturated heterocycles. The molecule has 0 aliphatic carbocycles. The third-order valence-electron chi connectivity index (χ3n) is 6.55. The van der Waals surface area contributed by atoms with Gasteiger partial charge in [0.25, 0.3) is 0 Å². The number of primary amides is 1. The van der Waals surface area contributed by atoms with Gasteiger partial charge in [-0.3, -0.25) is 19.2 Å². The maximum Gasteiger partial charge on any atom is 0.303 e. The molecule has 2 amide bonds. The molecule has 8 nitrogen and oxygen atoms in total. The Morgan fingerprint density at radius 3 is 1.69 bits per heavy atom. The molecule has 204 valence electrons. The van der Waals surface area contributed by atoms with Crippen molar-refractivity contribution in [2.75, 3.05) is 13.2 Å². The minimum atomic E-state index is -0.802. The predicted octanol–water partition coefficient (Wildman–Crippen LogP) is 4.51. The minimum absolute atomic E-state index is 0.0126. The number of aliphatic hydroxyl groups is 1. The van der Waals surface area contributed by atoms with Gasteiger partial charge in [-0.05, 0) is 25.7 Å². The number of carbonyl (C=O) groups is 4. The lowest BCUT2D eigenvalue weighted by molar-refractivity contribution is -0.137. The minimum Gasteiger partial charge on any atom is -0.481 e. The van der Waals surface area contributed by atoms with Crippen LogP contribution in [0.2, 0.25) is 0 Å². The van der Waals surface area contributed by atoms with Crippen LogP contribution in [0.3, 0.4) is 0 Å². The first-order valence-electron chi connectivity index (χ1n) is 13.7. The number of unbranched alkanes of at least 4 members (excludes halogenated alkanes) is 12. The number of aliphatic hydroxyl groups excluding tert-OH is 1. The van der Waals surface area contributed by atoms with Crippen LogP contribution in [-0.4, -0.2) is 46.9 Å². The average Bonchev–Trinajstić information content (AvgIpc) is 2.81. The number of nitrogens with one attached hydrogen (secondary N) is 1. The van der Waals surface area contributed by atoms with E-state index in [-0.39, 0.29) is 24.0 Å². The van der Waals surface area contributed by atoms with Gasteiger partial charge in [-0.25, -0.2) is 0 Å². The van der Waals surface area contributed by atoms with Crippen molar-refractivity contribution in [2.45, 2.75) is 122 Å². The maximum atomic E-state index is 12.1. The number of Topliss-reactive ketones (excluding diaryl/α,β-unsaturated/α-hetero) is 1. The molecular formula is C27H50N2O6. The molecule has 0 rings (SSSR count). The van der Waals surface area contributed by atoms with Gasteiger partial charge in [-0.1, -0.05) is 77.6 Å². The van der Waals surface area contributed by atoms with E-state index in [2.05, 4.69) is 5.32 Å². The molecule has 0 radical (unpaired) electrons. The van der Waals surface area contributed by atoms with Gasteiger partial charge in [0.05, 0.1) is 12.5 Å². The summed E-state index contributed by atoms with van der Waals surface area (Å²) in [6.45, 7) is 2.03. The summed E-state index contributed by atoms with van der Waals surface area (Å²) >= 11 is 0. The quantitative estimate of drug-likeness (QED) is 0.136. The summed E-state index contributed by atoms with van der Waals surface area (Å²) in [6.07, 6.45) is 16.7. The second kappa shape index (κ2) is 22.5. The second-order valence-corrected chi connectivity index (χ2v) is 9.84. The third-order valence-corrected chi connectivity index (χ3v) is 6.55. The zero-order valence-corrected chi connectivity index (χ0v) is 21.9. The van der Waals surface area contributed by atoms with Crippen LogP contribution in [0.4, 0.5) is 0 Å². The van der Waals surface area contributed by atoms with Crippen LogP contribution >= 0.6 is 0 Å². The van der Waals surface area contributed by atoms with Gasteiger partial charge in [0, 0.05) is 31.7 Å². The number of carboxylic acids is 1. The molecule has 35 heavy (non-hydrogen) atoms. The highest BCUT2D eigenvalue weighted by Gasteiger charge is 2.21. The van der Waals surface area contributed by atoms with E-state index in [0.29, 0.717) is 25.8 Å². The molecule has 5 N–H and O–H groups in total. The van der Waals surface area contributed by atoms with Gasteiger partial charge < -0.3 is 21.3 Å². The van der Waals surface area contributed by atoms with Crippen molar-refractivity contribution >= 4 is 23.6 Å². The van der Waals surface area contributed by atoms with Crippen LogP contribution in [0.25, 0.3) is 0 Å². The number of hydrogen-bond donors (Lipinski definition) is 4. The van der Waals surface area contributed by atoms with Crippen LogP contribution in [0.5, 0.6) is 0 Å². The maximum absolute atomic E-state index is 12.1. The Hall–Kier alpha value is -1.96. The van der Waals surface area contributed by atoms with Crippen molar-refractivity contribution in [2.24, 2.45) is 17.6 Å². The largest absolute Gasteiger partial charge is 0.481 e. The van der Waals surface area contributed by atoms with E-state index in [0.717, 1.165) is 44.9 Å². The van der Waals surface area contributed by atoms with Crippen LogP contribution in [-0.2, 0) is 19.2 Å². The molecular weight excluding hydrogens is 448 g/mol. The Morgan fingerprint density at radius 2 is 1.23 bits per heavy atom. The zero-order chi connectivity index (χ0) is 26.3. The van der Waals surface area contributed by atoms with E-state index >= 15 is 0 Å². The van der Waals surface area contributed by atoms with Gasteiger partial charge >= 0.3 is 5.97 Å². The summed E-state index contributed by atoms with van der Waals surface area (Å²) in [6, 6.07) is 0. The van der Waals surface area contributed by atoms with Crippen LogP contribution in [0.1, 0.15) is 122 Å². The van der Waals surface area contributed by atoms with E-state index in [1.165, 1.54) is 44.9 Å². The number of carboxylic acid groups (broad SMARTS) is 1. The standard InChI is InChI=1S/C27H50N2O6/c1-22(24(31)20-23(21-30)27(28)35)16-14-15-19-29-25(32)17-12-10-8-6-4-2-3-5-7-9-11-13-18-26(33)34/h22-23,30H,2-21H2,1H3,(H2,28,35)(H,29,32)(H,33,34)/t22-,23+/m1/s1. The Bertz CT molecular complexity index is 596. The van der Waals surface area contributed by atoms with Crippen molar-refractivity contribution in [1.82, 2.24) is 5.32 Å². The number of aliphatic carboxylic acids is 1. The molecule has 0 aliphatic heterocycles. The Balaban J connectivity index is 3.47. The van der Waals surface area contributed by atoms with Crippen LogP contribution < -0.4 is 11.1 Å². The molecule has 0 unspecified atom stereocenters. The van der Waals surface area contributed by atoms with Crippen molar-refractivity contribution in [3.63, 3.8) is 0 Å². The van der Waals surface area contributed by atoms with Gasteiger partial charge in [0.2, 0.25) is 11.8 Å².